The van der Waals surface area contributed by atoms with Gasteiger partial charge in [0.05, 0.1) is 11.6 Å². The summed E-state index contributed by atoms with van der Waals surface area (Å²) in [6, 6.07) is 11.0. The van der Waals surface area contributed by atoms with Crippen LogP contribution in [0.25, 0.3) is 0 Å². The van der Waals surface area contributed by atoms with Gasteiger partial charge in [0.2, 0.25) is 0 Å². The lowest BCUT2D eigenvalue weighted by Crippen LogP contribution is -2.39. The summed E-state index contributed by atoms with van der Waals surface area (Å²) in [6.07, 6.45) is 2.04. The maximum absolute atomic E-state index is 12.9. The van der Waals surface area contributed by atoms with Gasteiger partial charge in [0.1, 0.15) is 10.6 Å². The highest BCUT2D eigenvalue weighted by molar-refractivity contribution is 7.92. The van der Waals surface area contributed by atoms with Crippen LogP contribution in [0.1, 0.15) is 37.0 Å². The molecule has 0 radical (unpaired) electrons. The molecule has 8 heteroatoms. The Hall–Kier alpha value is -2.25. The van der Waals surface area contributed by atoms with Crippen LogP contribution in [0.5, 0.6) is 5.75 Å². The van der Waals surface area contributed by atoms with Gasteiger partial charge in [-0.05, 0) is 68.1 Å². The Morgan fingerprint density at radius 2 is 1.97 bits per heavy atom. The van der Waals surface area contributed by atoms with Crippen LogP contribution >= 0.6 is 11.6 Å². The van der Waals surface area contributed by atoms with Crippen molar-refractivity contribution in [2.24, 2.45) is 5.92 Å². The first-order valence-corrected chi connectivity index (χ1v) is 11.5. The molecule has 2 aromatic carbocycles. The van der Waals surface area contributed by atoms with Crippen molar-refractivity contribution in [3.8, 4) is 5.75 Å². The number of hydrogen-bond acceptors (Lipinski definition) is 4. The number of hydrogen-bond donors (Lipinski definition) is 1. The lowest BCUT2D eigenvalue weighted by molar-refractivity contribution is 0.0683. The third kappa shape index (κ3) is 5.22. The Morgan fingerprint density at radius 1 is 1.24 bits per heavy atom. The van der Waals surface area contributed by atoms with Crippen LogP contribution in [-0.2, 0) is 10.0 Å². The smallest absolute Gasteiger partial charge is 0.263 e. The molecular weight excluding hydrogens is 412 g/mol. The third-order valence-corrected chi connectivity index (χ3v) is 6.69. The number of nitrogens with zero attached hydrogens (tertiary/aromatic N) is 1. The van der Waals surface area contributed by atoms with Crippen LogP contribution in [0.2, 0.25) is 5.02 Å². The second-order valence-corrected chi connectivity index (χ2v) is 9.26. The molecule has 156 valence electrons. The van der Waals surface area contributed by atoms with E-state index in [9.17, 15) is 13.2 Å². The van der Waals surface area contributed by atoms with Crippen LogP contribution in [0.15, 0.2) is 47.4 Å². The first-order chi connectivity index (χ1) is 13.8. The van der Waals surface area contributed by atoms with E-state index in [2.05, 4.69) is 11.6 Å². The summed E-state index contributed by atoms with van der Waals surface area (Å²) in [5.41, 5.74) is 0.696. The highest BCUT2D eigenvalue weighted by atomic mass is 35.5. The normalized spacial score (nSPS) is 17.1. The zero-order chi connectivity index (χ0) is 21.0. The monoisotopic (exact) mass is 436 g/mol. The van der Waals surface area contributed by atoms with Gasteiger partial charge >= 0.3 is 0 Å². The summed E-state index contributed by atoms with van der Waals surface area (Å²) in [4.78, 5) is 14.5. The van der Waals surface area contributed by atoms with Crippen LogP contribution in [0.4, 0.5) is 5.69 Å². The average molecular weight is 437 g/mol. The number of piperidine rings is 1. The van der Waals surface area contributed by atoms with Gasteiger partial charge in [-0.3, -0.25) is 9.52 Å². The number of halogens is 1. The number of carbonyl (C=O) groups excluding carboxylic acids is 1. The van der Waals surface area contributed by atoms with E-state index in [1.54, 1.807) is 35.2 Å². The predicted octanol–water partition coefficient (Wildman–Crippen LogP) is 4.41. The van der Waals surface area contributed by atoms with E-state index >= 15 is 0 Å². The van der Waals surface area contributed by atoms with Crippen molar-refractivity contribution < 1.29 is 17.9 Å². The third-order valence-electron chi connectivity index (χ3n) is 4.83. The van der Waals surface area contributed by atoms with Crippen molar-refractivity contribution in [1.29, 1.82) is 0 Å². The highest BCUT2D eigenvalue weighted by Gasteiger charge is 2.25. The molecule has 0 saturated carbocycles. The van der Waals surface area contributed by atoms with Crippen LogP contribution in [-0.4, -0.2) is 38.9 Å². The second-order valence-electron chi connectivity index (χ2n) is 7.21. The standard InChI is InChI=1S/C21H25ClN2O4S/c1-3-28-18-9-7-17(8-10-18)23-29(26,27)20-13-16(6-11-19(20)22)21(25)24-12-4-5-15(2)14-24/h6-11,13,15,23H,3-5,12,14H2,1-2H3. The predicted molar refractivity (Wildman–Crippen MR) is 114 cm³/mol. The zero-order valence-corrected chi connectivity index (χ0v) is 18.1. The largest absolute Gasteiger partial charge is 0.494 e. The number of anilines is 1. The minimum absolute atomic E-state index is 0.0620. The van der Waals surface area contributed by atoms with Gasteiger partial charge in [0.25, 0.3) is 15.9 Å². The summed E-state index contributed by atoms with van der Waals surface area (Å²) in [6.45, 7) is 5.86. The minimum Gasteiger partial charge on any atom is -0.494 e. The maximum Gasteiger partial charge on any atom is 0.263 e. The summed E-state index contributed by atoms with van der Waals surface area (Å²) < 4.78 is 33.6. The summed E-state index contributed by atoms with van der Waals surface area (Å²) in [5.74, 6) is 0.909. The molecule has 6 nitrogen and oxygen atoms in total. The van der Waals surface area contributed by atoms with Gasteiger partial charge in [0, 0.05) is 24.3 Å². The molecule has 29 heavy (non-hydrogen) atoms. The van der Waals surface area contributed by atoms with Crippen molar-refractivity contribution in [3.63, 3.8) is 0 Å². The molecule has 1 unspecified atom stereocenters. The van der Waals surface area contributed by atoms with Crippen LogP contribution < -0.4 is 9.46 Å². The molecule has 1 saturated heterocycles. The molecule has 2 aromatic rings. The molecule has 0 aromatic heterocycles. The number of carbonyl (C=O) groups is 1. The number of nitrogens with one attached hydrogen (secondary N) is 1. The quantitative estimate of drug-likeness (QED) is 0.727. The van der Waals surface area contributed by atoms with Crippen molar-refractivity contribution in [3.05, 3.63) is 53.1 Å². The molecule has 3 rings (SSSR count). The second kappa shape index (κ2) is 9.05. The Bertz CT molecular complexity index is 977. The van der Waals surface area contributed by atoms with E-state index in [-0.39, 0.29) is 15.8 Å². The molecule has 1 aliphatic heterocycles. The molecule has 1 aliphatic rings. The molecule has 0 aliphatic carbocycles. The average Bonchev–Trinajstić information content (AvgIpc) is 2.69. The molecular formula is C21H25ClN2O4S. The first-order valence-electron chi connectivity index (χ1n) is 9.64. The first kappa shape index (κ1) is 21.5. The molecule has 0 spiro atoms. The van der Waals surface area contributed by atoms with Crippen molar-refractivity contribution in [2.75, 3.05) is 24.4 Å². The van der Waals surface area contributed by atoms with Gasteiger partial charge in [-0.1, -0.05) is 18.5 Å². The fourth-order valence-corrected chi connectivity index (χ4v) is 4.98. The van der Waals surface area contributed by atoms with E-state index in [0.717, 1.165) is 12.8 Å². The van der Waals surface area contributed by atoms with Gasteiger partial charge in [0.15, 0.2) is 0 Å². The molecule has 1 fully saturated rings. The van der Waals surface area contributed by atoms with Gasteiger partial charge in [-0.25, -0.2) is 8.42 Å². The minimum atomic E-state index is -3.96. The number of rotatable bonds is 6. The Balaban J connectivity index is 1.83. The van der Waals surface area contributed by atoms with Crippen molar-refractivity contribution in [2.45, 2.75) is 31.6 Å². The van der Waals surface area contributed by atoms with Gasteiger partial charge in [-0.2, -0.15) is 0 Å². The van der Waals surface area contributed by atoms with Crippen molar-refractivity contribution >= 4 is 33.2 Å². The molecule has 1 amide bonds. The highest BCUT2D eigenvalue weighted by Crippen LogP contribution is 2.27. The van der Waals surface area contributed by atoms with E-state index < -0.39 is 10.0 Å². The number of sulfonamides is 1. The van der Waals surface area contributed by atoms with Gasteiger partial charge < -0.3 is 9.64 Å². The summed E-state index contributed by atoms with van der Waals surface area (Å²) in [7, 11) is -3.96. The van der Waals surface area contributed by atoms with E-state index in [4.69, 9.17) is 16.3 Å². The Morgan fingerprint density at radius 3 is 2.62 bits per heavy atom. The Labute approximate surface area is 176 Å². The lowest BCUT2D eigenvalue weighted by Gasteiger charge is -2.31. The lowest BCUT2D eigenvalue weighted by atomic mass is 9.99. The van der Waals surface area contributed by atoms with E-state index in [1.165, 1.54) is 12.1 Å². The van der Waals surface area contributed by atoms with E-state index in [1.807, 2.05) is 6.92 Å². The number of amides is 1. The van der Waals surface area contributed by atoms with Crippen LogP contribution in [0.3, 0.4) is 0 Å². The number of likely N-dealkylation sites (tertiary alicyclic amines) is 1. The molecule has 1 atom stereocenters. The Kier molecular flexibility index (Phi) is 6.70. The van der Waals surface area contributed by atoms with Crippen molar-refractivity contribution in [1.82, 2.24) is 4.90 Å². The van der Waals surface area contributed by atoms with E-state index in [0.29, 0.717) is 42.6 Å². The van der Waals surface area contributed by atoms with Gasteiger partial charge in [-0.15, -0.1) is 0 Å². The summed E-state index contributed by atoms with van der Waals surface area (Å²) in [5, 5.41) is 0.0620. The molecule has 0 bridgehead atoms. The van der Waals surface area contributed by atoms with Crippen LogP contribution in [0, 0.1) is 5.92 Å². The zero-order valence-electron chi connectivity index (χ0n) is 16.5. The molecule has 1 heterocycles. The number of ether oxygens (including phenoxy) is 1. The topological polar surface area (TPSA) is 75.7 Å². The fraction of sp³-hybridized carbons (Fsp3) is 0.381. The molecule has 1 N–H and O–H groups in total. The number of benzene rings is 2. The SMILES string of the molecule is CCOc1ccc(NS(=O)(=O)c2cc(C(=O)N3CCCC(C)C3)ccc2Cl)cc1. The summed E-state index contributed by atoms with van der Waals surface area (Å²) >= 11 is 6.16. The fourth-order valence-electron chi connectivity index (χ4n) is 3.39. The maximum atomic E-state index is 12.9.